The summed E-state index contributed by atoms with van der Waals surface area (Å²) < 4.78 is 19.4. The van der Waals surface area contributed by atoms with E-state index >= 15 is 0 Å². The number of halogens is 3. The molecule has 1 atom stereocenters. The Labute approximate surface area is 120 Å². The molecule has 0 aromatic heterocycles. The zero-order valence-electron chi connectivity index (χ0n) is 10.2. The molecule has 2 aromatic carbocycles. The maximum atomic E-state index is 13.9. The molecule has 19 heavy (non-hydrogen) atoms. The quantitative estimate of drug-likeness (QED) is 0.871. The zero-order valence-corrected chi connectivity index (χ0v) is 11.7. The summed E-state index contributed by atoms with van der Waals surface area (Å²) in [6.45, 7) is 1.76. The molecule has 5 heteroatoms. The number of hydrogen-bond acceptors (Lipinski definition) is 2. The van der Waals surface area contributed by atoms with E-state index in [0.29, 0.717) is 21.4 Å². The van der Waals surface area contributed by atoms with Crippen LogP contribution < -0.4 is 10.5 Å². The van der Waals surface area contributed by atoms with Gasteiger partial charge in [0.25, 0.3) is 0 Å². The lowest BCUT2D eigenvalue weighted by atomic mass is 10.1. The van der Waals surface area contributed by atoms with Gasteiger partial charge in [0.1, 0.15) is 5.75 Å². The van der Waals surface area contributed by atoms with Gasteiger partial charge in [-0.15, -0.1) is 0 Å². The summed E-state index contributed by atoms with van der Waals surface area (Å²) in [4.78, 5) is 0. The highest BCUT2D eigenvalue weighted by Crippen LogP contribution is 2.33. The molecule has 100 valence electrons. The Morgan fingerprint density at radius 3 is 2.37 bits per heavy atom. The Balaban J connectivity index is 2.42. The summed E-state index contributed by atoms with van der Waals surface area (Å²) in [6, 6.07) is 8.97. The Kier molecular flexibility index (Phi) is 4.30. The van der Waals surface area contributed by atoms with Gasteiger partial charge in [0.05, 0.1) is 0 Å². The summed E-state index contributed by atoms with van der Waals surface area (Å²) in [5, 5.41) is 0.836. The largest absolute Gasteiger partial charge is 0.454 e. The molecule has 0 amide bonds. The van der Waals surface area contributed by atoms with E-state index in [9.17, 15) is 4.39 Å². The van der Waals surface area contributed by atoms with E-state index in [1.807, 2.05) is 0 Å². The first kappa shape index (κ1) is 14.1. The van der Waals surface area contributed by atoms with Crippen LogP contribution in [0.5, 0.6) is 11.5 Å². The molecule has 0 aliphatic heterocycles. The highest BCUT2D eigenvalue weighted by molar-refractivity contribution is 6.34. The van der Waals surface area contributed by atoms with Crippen LogP contribution in [0, 0.1) is 5.82 Å². The number of rotatable bonds is 3. The Morgan fingerprint density at radius 1 is 1.16 bits per heavy atom. The SMILES string of the molecule is C[C@H](N)c1cccc(F)c1Oc1cc(Cl)cc(Cl)c1. The summed E-state index contributed by atoms with van der Waals surface area (Å²) in [7, 11) is 0. The fourth-order valence-corrected chi connectivity index (χ4v) is 2.20. The van der Waals surface area contributed by atoms with Gasteiger partial charge in [-0.3, -0.25) is 0 Å². The molecule has 2 rings (SSSR count). The van der Waals surface area contributed by atoms with Crippen LogP contribution in [0.3, 0.4) is 0 Å². The monoisotopic (exact) mass is 299 g/mol. The van der Waals surface area contributed by atoms with E-state index in [4.69, 9.17) is 33.7 Å². The molecular weight excluding hydrogens is 288 g/mol. The molecule has 0 unspecified atom stereocenters. The van der Waals surface area contributed by atoms with Gasteiger partial charge in [-0.25, -0.2) is 4.39 Å². The Hall–Kier alpha value is -1.29. The smallest absolute Gasteiger partial charge is 0.167 e. The zero-order chi connectivity index (χ0) is 14.0. The first-order chi connectivity index (χ1) is 8.97. The molecule has 0 heterocycles. The normalized spacial score (nSPS) is 12.3. The number of nitrogens with two attached hydrogens (primary N) is 1. The first-order valence-electron chi connectivity index (χ1n) is 5.65. The third-order valence-corrected chi connectivity index (χ3v) is 2.98. The van der Waals surface area contributed by atoms with Crippen molar-refractivity contribution in [2.75, 3.05) is 0 Å². The van der Waals surface area contributed by atoms with E-state index in [0.717, 1.165) is 0 Å². The number of ether oxygens (including phenoxy) is 1. The molecule has 0 saturated heterocycles. The Morgan fingerprint density at radius 2 is 1.79 bits per heavy atom. The number of para-hydroxylation sites is 1. The van der Waals surface area contributed by atoms with Crippen LogP contribution in [-0.4, -0.2) is 0 Å². The van der Waals surface area contributed by atoms with Gasteiger partial charge in [-0.2, -0.15) is 0 Å². The van der Waals surface area contributed by atoms with Gasteiger partial charge < -0.3 is 10.5 Å². The highest BCUT2D eigenvalue weighted by atomic mass is 35.5. The predicted molar refractivity (Wildman–Crippen MR) is 75.5 cm³/mol. The molecule has 0 fully saturated rings. The minimum Gasteiger partial charge on any atom is -0.454 e. The second kappa shape index (κ2) is 5.78. The lowest BCUT2D eigenvalue weighted by molar-refractivity contribution is 0.433. The van der Waals surface area contributed by atoms with Crippen molar-refractivity contribution < 1.29 is 9.13 Å². The lowest BCUT2D eigenvalue weighted by Gasteiger charge is -2.14. The summed E-state index contributed by atoms with van der Waals surface area (Å²) >= 11 is 11.8. The number of hydrogen-bond donors (Lipinski definition) is 1. The fraction of sp³-hybridized carbons (Fsp3) is 0.143. The van der Waals surface area contributed by atoms with Crippen LogP contribution in [0.2, 0.25) is 10.0 Å². The van der Waals surface area contributed by atoms with E-state index < -0.39 is 5.82 Å². The van der Waals surface area contributed by atoms with Crippen molar-refractivity contribution in [3.05, 3.63) is 57.8 Å². The van der Waals surface area contributed by atoms with Gasteiger partial charge in [-0.05, 0) is 31.2 Å². The van der Waals surface area contributed by atoms with Crippen LogP contribution in [0.15, 0.2) is 36.4 Å². The summed E-state index contributed by atoms with van der Waals surface area (Å²) in [5.41, 5.74) is 6.38. The van der Waals surface area contributed by atoms with Gasteiger partial charge in [-0.1, -0.05) is 35.3 Å². The van der Waals surface area contributed by atoms with Gasteiger partial charge in [0.15, 0.2) is 11.6 Å². The van der Waals surface area contributed by atoms with Gasteiger partial charge in [0.2, 0.25) is 0 Å². The lowest BCUT2D eigenvalue weighted by Crippen LogP contribution is -2.07. The Bertz CT molecular complexity index is 582. The molecule has 2 nitrogen and oxygen atoms in total. The minimum absolute atomic E-state index is 0.0934. The standard InChI is InChI=1S/C14H12Cl2FNO/c1-8(18)12-3-2-4-13(17)14(12)19-11-6-9(15)5-10(16)7-11/h2-8H,18H2,1H3/t8-/m0/s1. The summed E-state index contributed by atoms with van der Waals surface area (Å²) in [6.07, 6.45) is 0. The summed E-state index contributed by atoms with van der Waals surface area (Å²) in [5.74, 6) is -0.0220. The maximum Gasteiger partial charge on any atom is 0.167 e. The fourth-order valence-electron chi connectivity index (χ4n) is 1.70. The van der Waals surface area contributed by atoms with E-state index in [1.165, 1.54) is 6.07 Å². The molecule has 0 spiro atoms. The average molecular weight is 300 g/mol. The van der Waals surface area contributed by atoms with Crippen molar-refractivity contribution in [3.8, 4) is 11.5 Å². The average Bonchev–Trinajstić information content (AvgIpc) is 2.30. The molecule has 0 aliphatic carbocycles. The maximum absolute atomic E-state index is 13.9. The van der Waals surface area contributed by atoms with Crippen molar-refractivity contribution in [2.45, 2.75) is 13.0 Å². The number of benzene rings is 2. The molecule has 2 aromatic rings. The molecule has 0 saturated carbocycles. The van der Waals surface area contributed by atoms with E-state index in [2.05, 4.69) is 0 Å². The molecule has 0 radical (unpaired) electrons. The van der Waals surface area contributed by atoms with E-state index in [-0.39, 0.29) is 11.8 Å². The molecule has 0 aliphatic rings. The second-order valence-electron chi connectivity index (χ2n) is 4.15. The van der Waals surface area contributed by atoms with Crippen LogP contribution in [0.4, 0.5) is 4.39 Å². The van der Waals surface area contributed by atoms with Crippen LogP contribution in [0.25, 0.3) is 0 Å². The van der Waals surface area contributed by atoms with Gasteiger partial charge in [0, 0.05) is 21.7 Å². The third kappa shape index (κ3) is 3.38. The second-order valence-corrected chi connectivity index (χ2v) is 5.03. The molecular formula is C14H12Cl2FNO. The molecule has 0 bridgehead atoms. The van der Waals surface area contributed by atoms with Crippen molar-refractivity contribution in [3.63, 3.8) is 0 Å². The van der Waals surface area contributed by atoms with Crippen LogP contribution in [0.1, 0.15) is 18.5 Å². The van der Waals surface area contributed by atoms with E-state index in [1.54, 1.807) is 37.3 Å². The van der Waals surface area contributed by atoms with Crippen molar-refractivity contribution in [1.82, 2.24) is 0 Å². The molecule has 2 N–H and O–H groups in total. The van der Waals surface area contributed by atoms with Crippen molar-refractivity contribution in [1.29, 1.82) is 0 Å². The topological polar surface area (TPSA) is 35.2 Å². The van der Waals surface area contributed by atoms with Crippen LogP contribution >= 0.6 is 23.2 Å². The van der Waals surface area contributed by atoms with Crippen LogP contribution in [-0.2, 0) is 0 Å². The highest BCUT2D eigenvalue weighted by Gasteiger charge is 2.14. The third-order valence-electron chi connectivity index (χ3n) is 2.54. The predicted octanol–water partition coefficient (Wildman–Crippen LogP) is 4.94. The minimum atomic E-state index is -0.481. The van der Waals surface area contributed by atoms with Crippen molar-refractivity contribution in [2.24, 2.45) is 5.73 Å². The van der Waals surface area contributed by atoms with Gasteiger partial charge >= 0.3 is 0 Å². The van der Waals surface area contributed by atoms with Crippen molar-refractivity contribution >= 4 is 23.2 Å². The first-order valence-corrected chi connectivity index (χ1v) is 6.41.